The molecule has 0 amide bonds. The summed E-state index contributed by atoms with van der Waals surface area (Å²) in [5.41, 5.74) is 0. The van der Waals surface area contributed by atoms with E-state index in [1.165, 1.54) is 0 Å². The summed E-state index contributed by atoms with van der Waals surface area (Å²) in [6.45, 7) is 6.49. The number of carboxylic acid groups (broad SMARTS) is 4. The molecule has 6 atom stereocenters. The Bertz CT molecular complexity index is 527. The normalized spacial score (nSPS) is 16.4. The molecule has 0 aromatic heterocycles. The van der Waals surface area contributed by atoms with Gasteiger partial charge in [0.2, 0.25) is 0 Å². The molecule has 10 heteroatoms. The largest absolute Gasteiger partial charge is 0.481 e. The highest BCUT2D eigenvalue weighted by Gasteiger charge is 2.38. The third-order valence-corrected chi connectivity index (χ3v) is 5.76. The fourth-order valence-corrected chi connectivity index (χ4v) is 4.08. The summed E-state index contributed by atoms with van der Waals surface area (Å²) >= 11 is 0. The predicted molar refractivity (Wildman–Crippen MR) is 116 cm³/mol. The highest BCUT2D eigenvalue weighted by molar-refractivity contribution is 5.80. The van der Waals surface area contributed by atoms with Crippen LogP contribution in [0.1, 0.15) is 66.2 Å². The lowest BCUT2D eigenvalue weighted by Crippen LogP contribution is -2.36. The number of hydrogen-bond acceptors (Lipinski definition) is 6. The van der Waals surface area contributed by atoms with Gasteiger partial charge in [-0.25, -0.2) is 0 Å². The van der Waals surface area contributed by atoms with Gasteiger partial charge in [-0.1, -0.05) is 40.5 Å². The van der Waals surface area contributed by atoms with Crippen LogP contribution in [0.2, 0.25) is 0 Å². The van der Waals surface area contributed by atoms with Crippen molar-refractivity contribution in [2.75, 3.05) is 13.2 Å². The maximum atomic E-state index is 11.1. The lowest BCUT2D eigenvalue weighted by molar-refractivity contribution is -0.157. The fourth-order valence-electron chi connectivity index (χ4n) is 4.08. The van der Waals surface area contributed by atoms with Gasteiger partial charge < -0.3 is 30.6 Å². The van der Waals surface area contributed by atoms with Gasteiger partial charge in [0.25, 0.3) is 0 Å². The molecule has 10 nitrogen and oxygen atoms in total. The zero-order valence-electron chi connectivity index (χ0n) is 19.4. The number of carbonyl (C=O) groups is 4. The Balaban J connectivity index is 0. The van der Waals surface area contributed by atoms with Crippen LogP contribution < -0.4 is 0 Å². The third-order valence-electron chi connectivity index (χ3n) is 5.76. The maximum Gasteiger partial charge on any atom is 0.307 e. The van der Waals surface area contributed by atoms with Gasteiger partial charge in [0.15, 0.2) is 0 Å². The van der Waals surface area contributed by atoms with Crippen molar-refractivity contribution in [2.45, 2.75) is 66.2 Å². The zero-order valence-corrected chi connectivity index (χ0v) is 19.4. The molecule has 32 heavy (non-hydrogen) atoms. The van der Waals surface area contributed by atoms with Crippen molar-refractivity contribution < 1.29 is 49.8 Å². The van der Waals surface area contributed by atoms with Crippen LogP contribution in [0.5, 0.6) is 0 Å². The summed E-state index contributed by atoms with van der Waals surface area (Å²) < 4.78 is 0. The van der Waals surface area contributed by atoms with Crippen LogP contribution >= 0.6 is 0 Å². The van der Waals surface area contributed by atoms with E-state index in [1.54, 1.807) is 13.8 Å². The number of aliphatic hydroxyl groups is 2. The molecule has 0 aliphatic carbocycles. The van der Waals surface area contributed by atoms with Gasteiger partial charge in [0.1, 0.15) is 0 Å². The smallest absolute Gasteiger partial charge is 0.307 e. The Labute approximate surface area is 189 Å². The molecule has 0 saturated carbocycles. The first-order valence-electron chi connectivity index (χ1n) is 11.1. The van der Waals surface area contributed by atoms with Crippen LogP contribution in [0.4, 0.5) is 0 Å². The first-order chi connectivity index (χ1) is 15.0. The van der Waals surface area contributed by atoms with Crippen molar-refractivity contribution in [2.24, 2.45) is 35.5 Å². The number of carboxylic acids is 4. The van der Waals surface area contributed by atoms with Gasteiger partial charge in [-0.05, 0) is 37.5 Å². The lowest BCUT2D eigenvalue weighted by Gasteiger charge is -2.26. The molecule has 188 valence electrons. The second kappa shape index (κ2) is 17.4. The first kappa shape index (κ1) is 32.0. The Morgan fingerprint density at radius 1 is 0.562 bits per heavy atom. The lowest BCUT2D eigenvalue weighted by atomic mass is 9.78. The van der Waals surface area contributed by atoms with Crippen molar-refractivity contribution in [3.8, 4) is 0 Å². The number of rotatable bonds is 16. The monoisotopic (exact) mass is 464 g/mol. The zero-order chi connectivity index (χ0) is 25.4. The van der Waals surface area contributed by atoms with Crippen molar-refractivity contribution in [3.63, 3.8) is 0 Å². The second-order valence-electron chi connectivity index (χ2n) is 7.90. The molecule has 6 unspecified atom stereocenters. The van der Waals surface area contributed by atoms with E-state index in [1.807, 2.05) is 13.8 Å². The molecule has 0 fully saturated rings. The Kier molecular flexibility index (Phi) is 17.4. The van der Waals surface area contributed by atoms with Crippen molar-refractivity contribution in [3.05, 3.63) is 0 Å². The minimum Gasteiger partial charge on any atom is -0.481 e. The first-order valence-corrected chi connectivity index (χ1v) is 11.1. The standard InChI is InChI=1S/2C11H20O5/c2*1-3-5-7(6-12)9(11(15)16)8(4-2)10(13)14/h2*7-9,12H,3-6H2,1-2H3,(H,13,14)(H,15,16). The average Bonchev–Trinajstić information content (AvgIpc) is 2.72. The van der Waals surface area contributed by atoms with E-state index in [0.717, 1.165) is 12.8 Å². The third kappa shape index (κ3) is 10.4. The predicted octanol–water partition coefficient (Wildman–Crippen LogP) is 2.41. The molecule has 0 aromatic rings. The summed E-state index contributed by atoms with van der Waals surface area (Å²) in [5.74, 6) is -9.33. The Morgan fingerprint density at radius 2 is 0.844 bits per heavy atom. The summed E-state index contributed by atoms with van der Waals surface area (Å²) in [6.07, 6.45) is 3.02. The molecule has 0 spiro atoms. The van der Waals surface area contributed by atoms with Crippen LogP contribution in [0.3, 0.4) is 0 Å². The maximum absolute atomic E-state index is 11.1. The Hall–Kier alpha value is -2.20. The van der Waals surface area contributed by atoms with Gasteiger partial charge in [0, 0.05) is 13.2 Å². The van der Waals surface area contributed by atoms with Gasteiger partial charge in [-0.3, -0.25) is 19.2 Å². The minimum atomic E-state index is -1.14. The van der Waals surface area contributed by atoms with Gasteiger partial charge >= 0.3 is 23.9 Å². The van der Waals surface area contributed by atoms with E-state index in [-0.39, 0.29) is 26.1 Å². The average molecular weight is 465 g/mol. The van der Waals surface area contributed by atoms with E-state index >= 15 is 0 Å². The van der Waals surface area contributed by atoms with Gasteiger partial charge in [-0.2, -0.15) is 0 Å². The summed E-state index contributed by atoms with van der Waals surface area (Å²) in [6, 6.07) is 0. The van der Waals surface area contributed by atoms with E-state index in [0.29, 0.717) is 12.8 Å². The van der Waals surface area contributed by atoms with Crippen LogP contribution in [0.15, 0.2) is 0 Å². The molecule has 0 radical (unpaired) electrons. The van der Waals surface area contributed by atoms with Crippen molar-refractivity contribution >= 4 is 23.9 Å². The van der Waals surface area contributed by atoms with E-state index in [4.69, 9.17) is 30.6 Å². The molecule has 0 aromatic carbocycles. The summed E-state index contributed by atoms with van der Waals surface area (Å²) in [5, 5.41) is 54.4. The molecular weight excluding hydrogens is 424 g/mol. The van der Waals surface area contributed by atoms with E-state index in [2.05, 4.69) is 0 Å². The molecular formula is C22H40O10. The van der Waals surface area contributed by atoms with Crippen LogP contribution in [0.25, 0.3) is 0 Å². The highest BCUT2D eigenvalue weighted by Crippen LogP contribution is 2.29. The fraction of sp³-hybridized carbons (Fsp3) is 0.818. The molecule has 0 rings (SSSR count). The number of aliphatic hydroxyl groups excluding tert-OH is 2. The number of aliphatic carboxylic acids is 4. The highest BCUT2D eigenvalue weighted by atomic mass is 16.4. The van der Waals surface area contributed by atoms with Crippen LogP contribution in [-0.4, -0.2) is 67.7 Å². The van der Waals surface area contributed by atoms with Gasteiger partial charge in [-0.15, -0.1) is 0 Å². The van der Waals surface area contributed by atoms with Gasteiger partial charge in [0.05, 0.1) is 23.7 Å². The molecule has 0 bridgehead atoms. The van der Waals surface area contributed by atoms with Crippen LogP contribution in [-0.2, 0) is 19.2 Å². The summed E-state index contributed by atoms with van der Waals surface area (Å²) in [7, 11) is 0. The molecule has 6 N–H and O–H groups in total. The molecule has 0 heterocycles. The quantitative estimate of drug-likeness (QED) is 0.198. The summed E-state index contributed by atoms with van der Waals surface area (Å²) in [4.78, 5) is 44.1. The molecule has 0 aliphatic heterocycles. The minimum absolute atomic E-state index is 0.256. The van der Waals surface area contributed by atoms with Crippen molar-refractivity contribution in [1.29, 1.82) is 0 Å². The molecule has 0 aliphatic rings. The second-order valence-corrected chi connectivity index (χ2v) is 7.90. The number of hydrogen-bond donors (Lipinski definition) is 6. The van der Waals surface area contributed by atoms with Crippen molar-refractivity contribution in [1.82, 2.24) is 0 Å². The van der Waals surface area contributed by atoms with E-state index in [9.17, 15) is 19.2 Å². The molecule has 0 saturated heterocycles. The topological polar surface area (TPSA) is 190 Å². The SMILES string of the molecule is CCCC(CO)C(C(=O)O)C(CC)C(=O)O.CCCC(CO)C(C(=O)O)C(CC)C(=O)O. The van der Waals surface area contributed by atoms with Crippen LogP contribution in [0, 0.1) is 35.5 Å². The van der Waals surface area contributed by atoms with E-state index < -0.39 is 59.4 Å². The Morgan fingerprint density at radius 3 is 0.969 bits per heavy atom.